The highest BCUT2D eigenvalue weighted by Crippen LogP contribution is 2.67. The van der Waals surface area contributed by atoms with Gasteiger partial charge in [0.25, 0.3) is 0 Å². The van der Waals surface area contributed by atoms with Crippen molar-refractivity contribution in [2.45, 2.75) is 63.6 Å². The molecule has 2 saturated carbocycles. The number of phenols is 1. The van der Waals surface area contributed by atoms with E-state index in [4.69, 9.17) is 4.74 Å². The van der Waals surface area contributed by atoms with Crippen LogP contribution in [0, 0.1) is 23.2 Å². The van der Waals surface area contributed by atoms with Gasteiger partial charge in [0.15, 0.2) is 0 Å². The van der Waals surface area contributed by atoms with Gasteiger partial charge in [-0.25, -0.2) is 0 Å². The topological polar surface area (TPSA) is 66.8 Å². The average molecular weight is 342 g/mol. The highest BCUT2D eigenvalue weighted by Gasteiger charge is 2.70. The van der Waals surface area contributed by atoms with E-state index in [-0.39, 0.29) is 23.9 Å². The number of rotatable bonds is 0. The van der Waals surface area contributed by atoms with Crippen LogP contribution in [-0.4, -0.2) is 27.9 Å². The average Bonchev–Trinajstić information content (AvgIpc) is 2.94. The first kappa shape index (κ1) is 15.7. The van der Waals surface area contributed by atoms with Gasteiger partial charge in [-0.05, 0) is 72.6 Å². The Morgan fingerprint density at radius 2 is 2.12 bits per heavy atom. The van der Waals surface area contributed by atoms with Crippen molar-refractivity contribution < 1.29 is 19.7 Å². The van der Waals surface area contributed by atoms with Crippen molar-refractivity contribution in [1.82, 2.24) is 0 Å². The number of carbonyl (C=O) groups excluding carboxylic acids is 1. The summed E-state index contributed by atoms with van der Waals surface area (Å²) in [6.45, 7) is 4.50. The molecule has 3 fully saturated rings. The normalized spacial score (nSPS) is 47.5. The first-order chi connectivity index (χ1) is 11.8. The van der Waals surface area contributed by atoms with Crippen LogP contribution in [0.5, 0.6) is 5.75 Å². The zero-order valence-corrected chi connectivity index (χ0v) is 14.9. The Balaban J connectivity index is 1.57. The molecule has 134 valence electrons. The molecule has 0 aromatic heterocycles. The molecule has 0 spiro atoms. The van der Waals surface area contributed by atoms with Crippen LogP contribution in [0.25, 0.3) is 0 Å². The summed E-state index contributed by atoms with van der Waals surface area (Å²) in [4.78, 5) is 11.8. The standard InChI is InChI=1S/C21H26O4/c1-11-7-12-8-13(22)3-4-14(12)15-5-6-20(2)16(19(11)15)9-17-21(20,24)10-18(23)25-17/h3-4,8,11,15-17,19,22,24H,5-7,9-10H2,1-2H3/t11-,15+,16-,17?,19+,20-,21+/m0/s1. The van der Waals surface area contributed by atoms with E-state index in [0.29, 0.717) is 29.4 Å². The van der Waals surface area contributed by atoms with Crippen molar-refractivity contribution in [2.24, 2.45) is 23.2 Å². The second kappa shape index (κ2) is 4.79. The quantitative estimate of drug-likeness (QED) is 0.711. The van der Waals surface area contributed by atoms with E-state index in [1.165, 1.54) is 11.1 Å². The minimum absolute atomic E-state index is 0.154. The van der Waals surface area contributed by atoms with Gasteiger partial charge in [-0.3, -0.25) is 4.79 Å². The zero-order chi connectivity index (χ0) is 17.6. The minimum atomic E-state index is -0.991. The number of esters is 1. The minimum Gasteiger partial charge on any atom is -0.508 e. The Morgan fingerprint density at radius 3 is 2.92 bits per heavy atom. The summed E-state index contributed by atoms with van der Waals surface area (Å²) < 4.78 is 5.52. The van der Waals surface area contributed by atoms with Gasteiger partial charge in [0.2, 0.25) is 0 Å². The van der Waals surface area contributed by atoms with Gasteiger partial charge >= 0.3 is 5.97 Å². The number of carbonyl (C=O) groups is 1. The maximum atomic E-state index is 11.8. The van der Waals surface area contributed by atoms with Crippen molar-refractivity contribution in [3.05, 3.63) is 29.3 Å². The van der Waals surface area contributed by atoms with E-state index in [1.807, 2.05) is 6.07 Å². The van der Waals surface area contributed by atoms with Crippen molar-refractivity contribution >= 4 is 5.97 Å². The Bertz CT molecular complexity index is 758. The highest BCUT2D eigenvalue weighted by molar-refractivity contribution is 5.74. The second-order valence-electron chi connectivity index (χ2n) is 9.13. The SMILES string of the molecule is C[C@H]1Cc2cc(O)ccc2[C@H]2CC[C@@]3(C)[C@@H](CC4OC(=O)C[C@@]43O)[C@@H]21. The predicted octanol–water partition coefficient (Wildman–Crippen LogP) is 3.15. The zero-order valence-electron chi connectivity index (χ0n) is 14.9. The third kappa shape index (κ3) is 1.84. The van der Waals surface area contributed by atoms with E-state index in [9.17, 15) is 15.0 Å². The number of hydrogen-bond acceptors (Lipinski definition) is 4. The summed E-state index contributed by atoms with van der Waals surface area (Å²) in [7, 11) is 0. The molecule has 2 N–H and O–H groups in total. The van der Waals surface area contributed by atoms with Crippen LogP contribution < -0.4 is 0 Å². The summed E-state index contributed by atoms with van der Waals surface area (Å²) >= 11 is 0. The third-order valence-electron chi connectivity index (χ3n) is 8.12. The molecule has 0 amide bonds. The molecule has 4 nitrogen and oxygen atoms in total. The van der Waals surface area contributed by atoms with Crippen molar-refractivity contribution in [3.63, 3.8) is 0 Å². The van der Waals surface area contributed by atoms with Crippen LogP contribution in [0.1, 0.15) is 56.6 Å². The number of phenolic OH excluding ortho intramolecular Hbond substituents is 1. The van der Waals surface area contributed by atoms with Gasteiger partial charge in [-0.2, -0.15) is 0 Å². The number of ether oxygens (including phenoxy) is 1. The predicted molar refractivity (Wildman–Crippen MR) is 92.1 cm³/mol. The van der Waals surface area contributed by atoms with E-state index in [0.717, 1.165) is 25.7 Å². The van der Waals surface area contributed by atoms with Gasteiger partial charge < -0.3 is 14.9 Å². The molecule has 1 aromatic rings. The van der Waals surface area contributed by atoms with E-state index in [1.54, 1.807) is 6.07 Å². The van der Waals surface area contributed by atoms with Crippen LogP contribution in [0.15, 0.2) is 18.2 Å². The fourth-order valence-corrected chi connectivity index (χ4v) is 6.94. The molecule has 0 bridgehead atoms. The number of hydrogen-bond donors (Lipinski definition) is 2. The van der Waals surface area contributed by atoms with Gasteiger partial charge in [0.05, 0.1) is 6.42 Å². The van der Waals surface area contributed by atoms with Crippen molar-refractivity contribution in [1.29, 1.82) is 0 Å². The third-order valence-corrected chi connectivity index (χ3v) is 8.12. The molecule has 25 heavy (non-hydrogen) atoms. The molecule has 4 heteroatoms. The van der Waals surface area contributed by atoms with Crippen LogP contribution >= 0.6 is 0 Å². The molecule has 1 heterocycles. The summed E-state index contributed by atoms with van der Waals surface area (Å²) in [5.74, 6) is 1.97. The fourth-order valence-electron chi connectivity index (χ4n) is 6.94. The second-order valence-corrected chi connectivity index (χ2v) is 9.13. The Hall–Kier alpha value is -1.55. The Kier molecular flexibility index (Phi) is 3.00. The molecule has 1 unspecified atom stereocenters. The van der Waals surface area contributed by atoms with E-state index in [2.05, 4.69) is 19.9 Å². The number of aromatic hydroxyl groups is 1. The number of fused-ring (bicyclic) bond motifs is 7. The molecule has 3 aliphatic carbocycles. The lowest BCUT2D eigenvalue weighted by Gasteiger charge is -2.54. The van der Waals surface area contributed by atoms with Gasteiger partial charge in [0, 0.05) is 5.41 Å². The first-order valence-corrected chi connectivity index (χ1v) is 9.57. The van der Waals surface area contributed by atoms with Crippen LogP contribution in [0.4, 0.5) is 0 Å². The van der Waals surface area contributed by atoms with Crippen LogP contribution in [0.2, 0.25) is 0 Å². The molecule has 1 aliphatic heterocycles. The van der Waals surface area contributed by atoms with Crippen molar-refractivity contribution in [3.8, 4) is 5.75 Å². The van der Waals surface area contributed by atoms with Crippen LogP contribution in [-0.2, 0) is 16.0 Å². The molecule has 0 radical (unpaired) electrons. The maximum absolute atomic E-state index is 11.8. The van der Waals surface area contributed by atoms with Gasteiger partial charge in [-0.15, -0.1) is 0 Å². The summed E-state index contributed by atoms with van der Waals surface area (Å²) in [6, 6.07) is 5.83. The summed E-state index contributed by atoms with van der Waals surface area (Å²) in [6.07, 6.45) is 3.54. The highest BCUT2D eigenvalue weighted by atomic mass is 16.6. The van der Waals surface area contributed by atoms with E-state index >= 15 is 0 Å². The fraction of sp³-hybridized carbons (Fsp3) is 0.667. The smallest absolute Gasteiger partial charge is 0.309 e. The molecule has 5 rings (SSSR count). The monoisotopic (exact) mass is 342 g/mol. The van der Waals surface area contributed by atoms with Crippen LogP contribution in [0.3, 0.4) is 0 Å². The summed E-state index contributed by atoms with van der Waals surface area (Å²) in [5.41, 5.74) is 1.42. The molecule has 4 aliphatic rings. The van der Waals surface area contributed by atoms with Crippen molar-refractivity contribution in [2.75, 3.05) is 0 Å². The largest absolute Gasteiger partial charge is 0.508 e. The lowest BCUT2D eigenvalue weighted by molar-refractivity contribution is -0.142. The molecule has 7 atom stereocenters. The lowest BCUT2D eigenvalue weighted by Crippen LogP contribution is -2.53. The Morgan fingerprint density at radius 1 is 1.32 bits per heavy atom. The number of benzene rings is 1. The molecular weight excluding hydrogens is 316 g/mol. The van der Waals surface area contributed by atoms with Gasteiger partial charge in [0.1, 0.15) is 17.5 Å². The van der Waals surface area contributed by atoms with Gasteiger partial charge in [-0.1, -0.05) is 19.9 Å². The molecule has 1 aromatic carbocycles. The first-order valence-electron chi connectivity index (χ1n) is 9.57. The molecular formula is C21H26O4. The maximum Gasteiger partial charge on any atom is 0.309 e. The number of aliphatic hydroxyl groups is 1. The van der Waals surface area contributed by atoms with E-state index < -0.39 is 5.60 Å². The lowest BCUT2D eigenvalue weighted by atomic mass is 9.51. The molecule has 1 saturated heterocycles. The Labute approximate surface area is 148 Å². The summed E-state index contributed by atoms with van der Waals surface area (Å²) in [5, 5.41) is 21.2.